The number of aromatic hydroxyl groups is 1. The molecule has 5 nitrogen and oxygen atoms in total. The molecular weight excluding hydrogens is 244 g/mol. The zero-order chi connectivity index (χ0) is 13.8. The number of piperidine rings is 1. The van der Waals surface area contributed by atoms with E-state index in [4.69, 9.17) is 4.74 Å². The van der Waals surface area contributed by atoms with E-state index in [-0.39, 0.29) is 23.3 Å². The summed E-state index contributed by atoms with van der Waals surface area (Å²) in [5.74, 6) is 0.795. The maximum absolute atomic E-state index is 12.2. The van der Waals surface area contributed by atoms with E-state index in [0.717, 1.165) is 19.5 Å². The molecule has 0 saturated carbocycles. The number of hydrogen-bond acceptors (Lipinski definition) is 4. The Morgan fingerprint density at radius 3 is 2.95 bits per heavy atom. The van der Waals surface area contributed by atoms with E-state index in [0.29, 0.717) is 11.7 Å². The predicted molar refractivity (Wildman–Crippen MR) is 72.6 cm³/mol. The smallest absolute Gasteiger partial charge is 0.255 e. The third-order valence-electron chi connectivity index (χ3n) is 3.35. The second kappa shape index (κ2) is 5.93. The SMILES string of the molecule is COc1ccc(O)c(C(=O)NC2CNCC(C)C2)c1. The Morgan fingerprint density at radius 1 is 1.47 bits per heavy atom. The van der Waals surface area contributed by atoms with E-state index in [1.165, 1.54) is 13.2 Å². The van der Waals surface area contributed by atoms with Crippen molar-refractivity contribution in [3.05, 3.63) is 23.8 Å². The van der Waals surface area contributed by atoms with Crippen LogP contribution < -0.4 is 15.4 Å². The van der Waals surface area contributed by atoms with Gasteiger partial charge in [-0.3, -0.25) is 4.79 Å². The van der Waals surface area contributed by atoms with Crippen molar-refractivity contribution in [2.75, 3.05) is 20.2 Å². The second-order valence-corrected chi connectivity index (χ2v) is 5.05. The number of phenols is 1. The Hall–Kier alpha value is -1.75. The number of phenolic OH excluding ortho intramolecular Hbond substituents is 1. The van der Waals surface area contributed by atoms with Crippen LogP contribution in [0.25, 0.3) is 0 Å². The van der Waals surface area contributed by atoms with Crippen molar-refractivity contribution in [3.8, 4) is 11.5 Å². The summed E-state index contributed by atoms with van der Waals surface area (Å²) in [6, 6.07) is 4.73. The van der Waals surface area contributed by atoms with Gasteiger partial charge >= 0.3 is 0 Å². The number of benzene rings is 1. The summed E-state index contributed by atoms with van der Waals surface area (Å²) in [7, 11) is 1.53. The molecule has 0 aromatic heterocycles. The van der Waals surface area contributed by atoms with E-state index in [9.17, 15) is 9.90 Å². The first-order valence-electron chi connectivity index (χ1n) is 6.48. The lowest BCUT2D eigenvalue weighted by Gasteiger charge is -2.28. The topological polar surface area (TPSA) is 70.6 Å². The number of carbonyl (C=O) groups is 1. The first kappa shape index (κ1) is 13.7. The Morgan fingerprint density at radius 2 is 2.26 bits per heavy atom. The van der Waals surface area contributed by atoms with Gasteiger partial charge in [-0.15, -0.1) is 0 Å². The minimum absolute atomic E-state index is 0.0323. The van der Waals surface area contributed by atoms with Crippen LogP contribution in [0.3, 0.4) is 0 Å². The lowest BCUT2D eigenvalue weighted by Crippen LogP contribution is -2.48. The number of ether oxygens (including phenoxy) is 1. The summed E-state index contributed by atoms with van der Waals surface area (Å²) < 4.78 is 5.06. The molecule has 1 fully saturated rings. The van der Waals surface area contributed by atoms with Gasteiger partial charge in [0.2, 0.25) is 0 Å². The van der Waals surface area contributed by atoms with Gasteiger partial charge in [-0.25, -0.2) is 0 Å². The Kier molecular flexibility index (Phi) is 4.27. The molecule has 5 heteroatoms. The van der Waals surface area contributed by atoms with Crippen molar-refractivity contribution in [2.24, 2.45) is 5.92 Å². The van der Waals surface area contributed by atoms with Crippen molar-refractivity contribution in [3.63, 3.8) is 0 Å². The highest BCUT2D eigenvalue weighted by Crippen LogP contribution is 2.23. The average molecular weight is 264 g/mol. The summed E-state index contributed by atoms with van der Waals surface area (Å²) in [4.78, 5) is 12.2. The van der Waals surface area contributed by atoms with Gasteiger partial charge < -0.3 is 20.5 Å². The van der Waals surface area contributed by atoms with Crippen LogP contribution in [0, 0.1) is 5.92 Å². The standard InChI is InChI=1S/C14H20N2O3/c1-9-5-10(8-15-7-9)16-14(18)12-6-11(19-2)3-4-13(12)17/h3-4,6,9-10,15,17H,5,7-8H2,1-2H3,(H,16,18). The number of rotatable bonds is 3. The zero-order valence-electron chi connectivity index (χ0n) is 11.3. The Labute approximate surface area is 113 Å². The number of methoxy groups -OCH3 is 1. The van der Waals surface area contributed by atoms with Crippen LogP contribution in [0.2, 0.25) is 0 Å². The maximum atomic E-state index is 12.2. The van der Waals surface area contributed by atoms with Crippen molar-refractivity contribution < 1.29 is 14.6 Å². The van der Waals surface area contributed by atoms with Crippen LogP contribution in [0.5, 0.6) is 11.5 Å². The molecule has 1 saturated heterocycles. The highest BCUT2D eigenvalue weighted by molar-refractivity contribution is 5.97. The molecule has 0 spiro atoms. The molecule has 1 amide bonds. The molecule has 0 bridgehead atoms. The van der Waals surface area contributed by atoms with Crippen molar-refractivity contribution in [1.29, 1.82) is 0 Å². The number of nitrogens with one attached hydrogen (secondary N) is 2. The maximum Gasteiger partial charge on any atom is 0.255 e. The summed E-state index contributed by atoms with van der Waals surface area (Å²) in [5, 5.41) is 16.0. The third kappa shape index (κ3) is 3.38. The number of carbonyl (C=O) groups excluding carboxylic acids is 1. The van der Waals surface area contributed by atoms with E-state index in [2.05, 4.69) is 17.6 Å². The monoisotopic (exact) mass is 264 g/mol. The Balaban J connectivity index is 2.06. The molecule has 0 aliphatic carbocycles. The molecule has 1 heterocycles. The molecule has 3 N–H and O–H groups in total. The highest BCUT2D eigenvalue weighted by Gasteiger charge is 2.22. The Bertz CT molecular complexity index is 462. The van der Waals surface area contributed by atoms with E-state index in [1.807, 2.05) is 0 Å². The molecule has 2 rings (SSSR count). The zero-order valence-corrected chi connectivity index (χ0v) is 11.3. The minimum Gasteiger partial charge on any atom is -0.507 e. The van der Waals surface area contributed by atoms with Gasteiger partial charge in [0.25, 0.3) is 5.91 Å². The quantitative estimate of drug-likeness (QED) is 0.765. The van der Waals surface area contributed by atoms with E-state index in [1.54, 1.807) is 12.1 Å². The first-order chi connectivity index (χ1) is 9.10. The molecule has 1 aliphatic rings. The van der Waals surface area contributed by atoms with Crippen LogP contribution in [-0.4, -0.2) is 37.3 Å². The first-order valence-corrected chi connectivity index (χ1v) is 6.48. The van der Waals surface area contributed by atoms with Gasteiger partial charge in [-0.1, -0.05) is 6.92 Å². The molecule has 19 heavy (non-hydrogen) atoms. The summed E-state index contributed by atoms with van der Waals surface area (Å²) >= 11 is 0. The minimum atomic E-state index is -0.266. The summed E-state index contributed by atoms with van der Waals surface area (Å²) in [6.07, 6.45) is 0.948. The van der Waals surface area contributed by atoms with Crippen molar-refractivity contribution >= 4 is 5.91 Å². The van der Waals surface area contributed by atoms with Crippen molar-refractivity contribution in [1.82, 2.24) is 10.6 Å². The lowest BCUT2D eigenvalue weighted by atomic mass is 9.97. The molecule has 1 aromatic carbocycles. The average Bonchev–Trinajstić information content (AvgIpc) is 2.39. The molecule has 1 aliphatic heterocycles. The fourth-order valence-electron chi connectivity index (χ4n) is 2.35. The fourth-order valence-corrected chi connectivity index (χ4v) is 2.35. The normalized spacial score (nSPS) is 22.8. The van der Waals surface area contributed by atoms with Crippen LogP contribution >= 0.6 is 0 Å². The van der Waals surface area contributed by atoms with E-state index >= 15 is 0 Å². The molecule has 0 radical (unpaired) electrons. The van der Waals surface area contributed by atoms with Crippen LogP contribution in [0.4, 0.5) is 0 Å². The number of hydrogen-bond donors (Lipinski definition) is 3. The molecule has 2 atom stereocenters. The van der Waals surface area contributed by atoms with Crippen LogP contribution in [-0.2, 0) is 0 Å². The predicted octanol–water partition coefficient (Wildman–Crippen LogP) is 1.13. The summed E-state index contributed by atoms with van der Waals surface area (Å²) in [6.45, 7) is 3.89. The fraction of sp³-hybridized carbons (Fsp3) is 0.500. The molecule has 2 unspecified atom stereocenters. The lowest BCUT2D eigenvalue weighted by molar-refractivity contribution is 0.0922. The van der Waals surface area contributed by atoms with Gasteiger partial charge in [0.05, 0.1) is 12.7 Å². The van der Waals surface area contributed by atoms with Crippen LogP contribution in [0.1, 0.15) is 23.7 Å². The van der Waals surface area contributed by atoms with Crippen LogP contribution in [0.15, 0.2) is 18.2 Å². The highest BCUT2D eigenvalue weighted by atomic mass is 16.5. The van der Waals surface area contributed by atoms with Gasteiger partial charge in [-0.2, -0.15) is 0 Å². The van der Waals surface area contributed by atoms with Gasteiger partial charge in [0.1, 0.15) is 11.5 Å². The molecule has 104 valence electrons. The second-order valence-electron chi connectivity index (χ2n) is 5.05. The molecule has 1 aromatic rings. The van der Waals surface area contributed by atoms with Gasteiger partial charge in [0.15, 0.2) is 0 Å². The van der Waals surface area contributed by atoms with Gasteiger partial charge in [0, 0.05) is 12.6 Å². The summed E-state index contributed by atoms with van der Waals surface area (Å²) in [5.41, 5.74) is 0.248. The number of amides is 1. The largest absolute Gasteiger partial charge is 0.507 e. The molecular formula is C14H20N2O3. The van der Waals surface area contributed by atoms with E-state index < -0.39 is 0 Å². The van der Waals surface area contributed by atoms with Crippen molar-refractivity contribution in [2.45, 2.75) is 19.4 Å². The van der Waals surface area contributed by atoms with Gasteiger partial charge in [-0.05, 0) is 37.1 Å². The third-order valence-corrected chi connectivity index (χ3v) is 3.35.